The Labute approximate surface area is 177 Å². The third-order valence-corrected chi connectivity index (χ3v) is 7.11. The van der Waals surface area contributed by atoms with Crippen LogP contribution in [0.15, 0.2) is 59.4 Å². The molecule has 4 aromatic rings. The molecule has 1 amide bonds. The van der Waals surface area contributed by atoms with Gasteiger partial charge < -0.3 is 4.90 Å². The summed E-state index contributed by atoms with van der Waals surface area (Å²) in [6, 6.07) is 14.5. The van der Waals surface area contributed by atoms with Crippen LogP contribution in [-0.2, 0) is 6.54 Å². The van der Waals surface area contributed by atoms with Gasteiger partial charge in [0.2, 0.25) is 0 Å². The maximum Gasteiger partial charge on any atom is 0.273 e. The van der Waals surface area contributed by atoms with Crippen molar-refractivity contribution in [2.75, 3.05) is 26.2 Å². The van der Waals surface area contributed by atoms with Crippen LogP contribution < -0.4 is 0 Å². The van der Waals surface area contributed by atoms with E-state index in [0.29, 0.717) is 5.69 Å². The number of amides is 1. The third-order valence-electron chi connectivity index (χ3n) is 5.22. The molecule has 0 saturated carbocycles. The summed E-state index contributed by atoms with van der Waals surface area (Å²) in [4.78, 5) is 27.4. The molecule has 1 fully saturated rings. The van der Waals surface area contributed by atoms with Gasteiger partial charge in [-0.1, -0.05) is 30.3 Å². The molecule has 0 spiro atoms. The number of thiophene rings is 1. The maximum atomic E-state index is 12.9. The van der Waals surface area contributed by atoms with Crippen molar-refractivity contribution in [3.63, 3.8) is 0 Å². The second-order valence-electron chi connectivity index (χ2n) is 7.08. The molecule has 146 valence electrons. The van der Waals surface area contributed by atoms with Gasteiger partial charge in [-0.15, -0.1) is 22.7 Å². The van der Waals surface area contributed by atoms with Crippen LogP contribution in [0.25, 0.3) is 20.8 Å². The Morgan fingerprint density at radius 3 is 2.69 bits per heavy atom. The topological polar surface area (TPSA) is 49.3 Å². The second kappa shape index (κ2) is 8.02. The second-order valence-corrected chi connectivity index (χ2v) is 8.88. The van der Waals surface area contributed by atoms with Gasteiger partial charge in [-0.25, -0.2) is 4.98 Å². The van der Waals surface area contributed by atoms with Gasteiger partial charge in [0.05, 0.1) is 10.4 Å². The monoisotopic (exact) mass is 420 g/mol. The zero-order valence-corrected chi connectivity index (χ0v) is 17.5. The fraction of sp³-hybridized carbons (Fsp3) is 0.227. The zero-order chi connectivity index (χ0) is 19.6. The van der Waals surface area contributed by atoms with E-state index in [-0.39, 0.29) is 5.91 Å². The van der Waals surface area contributed by atoms with Crippen LogP contribution in [0.2, 0.25) is 0 Å². The van der Waals surface area contributed by atoms with E-state index in [1.54, 1.807) is 11.3 Å². The normalized spacial score (nSPS) is 15.1. The first kappa shape index (κ1) is 18.4. The highest BCUT2D eigenvalue weighted by Crippen LogP contribution is 2.28. The number of rotatable bonds is 4. The van der Waals surface area contributed by atoms with E-state index in [2.05, 4.69) is 39.1 Å². The lowest BCUT2D eigenvalue weighted by molar-refractivity contribution is 0.0624. The standard InChI is InChI=1S/C22H20N4OS2/c27-22(18-15-29-21(24-18)19-7-3-13-28-19)26-11-9-25(10-12-26)14-17-5-1-4-16-6-2-8-23-20(16)17/h1-8,13,15H,9-12,14H2. The van der Waals surface area contributed by atoms with Gasteiger partial charge in [0.1, 0.15) is 10.7 Å². The van der Waals surface area contributed by atoms with Gasteiger partial charge in [-0.3, -0.25) is 14.7 Å². The lowest BCUT2D eigenvalue weighted by atomic mass is 10.1. The molecule has 0 atom stereocenters. The van der Waals surface area contributed by atoms with Crippen LogP contribution in [-0.4, -0.2) is 51.9 Å². The van der Waals surface area contributed by atoms with Gasteiger partial charge in [0.15, 0.2) is 0 Å². The van der Waals surface area contributed by atoms with Crippen LogP contribution in [0.1, 0.15) is 16.1 Å². The lowest BCUT2D eigenvalue weighted by Crippen LogP contribution is -2.48. The fourth-order valence-electron chi connectivity index (χ4n) is 3.69. The van der Waals surface area contributed by atoms with Crippen LogP contribution in [0.3, 0.4) is 0 Å². The van der Waals surface area contributed by atoms with Crippen molar-refractivity contribution in [1.29, 1.82) is 0 Å². The molecular formula is C22H20N4OS2. The Kier molecular flexibility index (Phi) is 5.10. The molecule has 0 radical (unpaired) electrons. The summed E-state index contributed by atoms with van der Waals surface area (Å²) in [6.07, 6.45) is 1.85. The number of hydrogen-bond acceptors (Lipinski definition) is 6. The molecule has 1 saturated heterocycles. The number of para-hydroxylation sites is 1. The first-order chi connectivity index (χ1) is 14.3. The Morgan fingerprint density at radius 1 is 1.00 bits per heavy atom. The van der Waals surface area contributed by atoms with Crippen molar-refractivity contribution in [3.05, 3.63) is 70.7 Å². The number of carbonyl (C=O) groups excluding carboxylic acids is 1. The van der Waals surface area contributed by atoms with E-state index in [1.807, 2.05) is 40.1 Å². The van der Waals surface area contributed by atoms with Crippen molar-refractivity contribution >= 4 is 39.5 Å². The van der Waals surface area contributed by atoms with Crippen LogP contribution in [0.5, 0.6) is 0 Å². The lowest BCUT2D eigenvalue weighted by Gasteiger charge is -2.34. The highest BCUT2D eigenvalue weighted by atomic mass is 32.1. The summed E-state index contributed by atoms with van der Waals surface area (Å²) in [5.41, 5.74) is 2.87. The van der Waals surface area contributed by atoms with Gasteiger partial charge in [0, 0.05) is 49.7 Å². The Bertz CT molecular complexity index is 1130. The molecular weight excluding hydrogens is 400 g/mol. The van der Waals surface area contributed by atoms with Gasteiger partial charge in [-0.05, 0) is 23.1 Å². The van der Waals surface area contributed by atoms with Crippen molar-refractivity contribution in [3.8, 4) is 9.88 Å². The van der Waals surface area contributed by atoms with Crippen molar-refractivity contribution < 1.29 is 4.79 Å². The molecule has 1 aromatic carbocycles. The minimum atomic E-state index is 0.0375. The SMILES string of the molecule is O=C(c1csc(-c2cccs2)n1)N1CCN(Cc2cccc3cccnc23)CC1. The minimum Gasteiger partial charge on any atom is -0.335 e. The van der Waals surface area contributed by atoms with Crippen molar-refractivity contribution in [1.82, 2.24) is 19.8 Å². The van der Waals surface area contributed by atoms with E-state index >= 15 is 0 Å². The van der Waals surface area contributed by atoms with E-state index < -0.39 is 0 Å². The molecule has 4 heterocycles. The molecule has 0 N–H and O–H groups in total. The predicted molar refractivity (Wildman–Crippen MR) is 118 cm³/mol. The average molecular weight is 421 g/mol. The highest BCUT2D eigenvalue weighted by molar-refractivity contribution is 7.20. The smallest absolute Gasteiger partial charge is 0.273 e. The molecule has 5 rings (SSSR count). The Balaban J connectivity index is 1.23. The molecule has 0 bridgehead atoms. The minimum absolute atomic E-state index is 0.0375. The van der Waals surface area contributed by atoms with Crippen LogP contribution in [0, 0.1) is 0 Å². The van der Waals surface area contributed by atoms with Crippen molar-refractivity contribution in [2.24, 2.45) is 0 Å². The number of nitrogens with zero attached hydrogens (tertiary/aromatic N) is 4. The summed E-state index contributed by atoms with van der Waals surface area (Å²) in [5.74, 6) is 0.0375. The number of piperazine rings is 1. The zero-order valence-electron chi connectivity index (χ0n) is 15.8. The molecule has 29 heavy (non-hydrogen) atoms. The molecule has 0 aliphatic carbocycles. The number of hydrogen-bond donors (Lipinski definition) is 0. The molecule has 5 nitrogen and oxygen atoms in total. The number of pyridine rings is 1. The summed E-state index contributed by atoms with van der Waals surface area (Å²) < 4.78 is 0. The van der Waals surface area contributed by atoms with Crippen LogP contribution >= 0.6 is 22.7 Å². The average Bonchev–Trinajstić information content (AvgIpc) is 3.46. The first-order valence-corrected chi connectivity index (χ1v) is 11.4. The largest absolute Gasteiger partial charge is 0.335 e. The number of benzene rings is 1. The summed E-state index contributed by atoms with van der Waals surface area (Å²) in [6.45, 7) is 4.02. The Morgan fingerprint density at radius 2 is 1.86 bits per heavy atom. The molecule has 0 unspecified atom stereocenters. The van der Waals surface area contributed by atoms with Gasteiger partial charge >= 0.3 is 0 Å². The highest BCUT2D eigenvalue weighted by Gasteiger charge is 2.24. The van der Waals surface area contributed by atoms with E-state index in [1.165, 1.54) is 22.3 Å². The number of carbonyl (C=O) groups is 1. The molecule has 3 aromatic heterocycles. The summed E-state index contributed by atoms with van der Waals surface area (Å²) in [7, 11) is 0. The summed E-state index contributed by atoms with van der Waals surface area (Å²) in [5, 5.41) is 6.00. The number of thiazole rings is 1. The van der Waals surface area contributed by atoms with E-state index in [0.717, 1.165) is 48.1 Å². The molecule has 7 heteroatoms. The Hall–Kier alpha value is -2.61. The summed E-state index contributed by atoms with van der Waals surface area (Å²) >= 11 is 3.19. The van der Waals surface area contributed by atoms with Crippen molar-refractivity contribution in [2.45, 2.75) is 6.54 Å². The van der Waals surface area contributed by atoms with Gasteiger partial charge in [-0.2, -0.15) is 0 Å². The third kappa shape index (κ3) is 3.81. The fourth-order valence-corrected chi connectivity index (χ4v) is 5.30. The molecule has 1 aliphatic rings. The van der Waals surface area contributed by atoms with E-state index in [4.69, 9.17) is 0 Å². The number of fused-ring (bicyclic) bond motifs is 1. The first-order valence-electron chi connectivity index (χ1n) is 9.61. The van der Waals surface area contributed by atoms with Crippen LogP contribution in [0.4, 0.5) is 0 Å². The number of aromatic nitrogens is 2. The quantitative estimate of drug-likeness (QED) is 0.492. The molecule has 1 aliphatic heterocycles. The predicted octanol–water partition coefficient (Wildman–Crippen LogP) is 4.38. The van der Waals surface area contributed by atoms with E-state index in [9.17, 15) is 4.79 Å². The van der Waals surface area contributed by atoms with Gasteiger partial charge in [0.25, 0.3) is 5.91 Å². The maximum absolute atomic E-state index is 12.9.